The van der Waals surface area contributed by atoms with E-state index in [0.717, 1.165) is 69.1 Å². The Balaban J connectivity index is 0.000000786. The van der Waals surface area contributed by atoms with Crippen molar-refractivity contribution in [1.29, 1.82) is 0 Å². The summed E-state index contributed by atoms with van der Waals surface area (Å²) in [4.78, 5) is 4.87. The maximum Gasteiger partial charge on any atom is 0.0540 e. The molecule has 2 heteroatoms. The zero-order chi connectivity index (χ0) is 49.1. The largest absolute Gasteiger partial charge is 0.310 e. The van der Waals surface area contributed by atoms with Crippen LogP contribution in [0.15, 0.2) is 303 Å². The molecule has 0 heterocycles. The minimum Gasteiger partial charge on any atom is -0.310 e. The highest BCUT2D eigenvalue weighted by Crippen LogP contribution is 2.48. The highest BCUT2D eigenvalue weighted by molar-refractivity contribution is 6.07. The maximum atomic E-state index is 4.98. The molecule has 1 aliphatic carbocycles. The molecule has 0 unspecified atom stereocenters. The van der Waals surface area contributed by atoms with E-state index >= 15 is 0 Å². The number of allylic oxidation sites excluding steroid dienone is 5. The monoisotopic (exact) mass is 926 g/mol. The minimum absolute atomic E-state index is 0.872. The fourth-order valence-electron chi connectivity index (χ4n) is 9.97. The summed E-state index contributed by atoms with van der Waals surface area (Å²) in [6.07, 6.45) is 8.73. The molecule has 72 heavy (non-hydrogen) atoms. The molecule has 0 bridgehead atoms. The zero-order valence-electron chi connectivity index (χ0n) is 41.1. The van der Waals surface area contributed by atoms with Crippen molar-refractivity contribution in [2.24, 2.45) is 0 Å². The number of hydrogen-bond acceptors (Lipinski definition) is 2. The standard InChI is InChI=1S/C63H50N2.C7H8/c1-3-60(65(52-34-24-31-50(45-52)47-25-8-4-9-26-47)62-42-23-21-37-56(62)49-29-12-6-13-30-49)58-39-18-16-35-53(58)46(2)54-43-44-63(59-40-19-17-38-57(54)59)64(51-32-14-7-15-33-51)61-41-22-20-36-55(61)48-27-10-5-11-28-48;1-7-5-3-2-4-6-7/h3-15,17-34,36-45H,2,16,35H2,1H3;2-6H,1H3/b60-3+;. The summed E-state index contributed by atoms with van der Waals surface area (Å²) in [7, 11) is 0. The quantitative estimate of drug-likeness (QED) is 0.120. The SMILES string of the molecule is C=C(C1=C(/C(=C\C)N(c2cccc(-c3ccccc3)c2)c2ccccc2-c2ccccc2)C=CCC1)c1ccc(N(c2ccccc2)c2ccccc2-c2ccccc2)c2ccccc12.Cc1ccccc1. The molecule has 0 radical (unpaired) electrons. The predicted molar refractivity (Wildman–Crippen MR) is 309 cm³/mol. The first-order chi connectivity index (χ1) is 35.6. The van der Waals surface area contributed by atoms with E-state index in [1.807, 2.05) is 18.2 Å². The summed E-state index contributed by atoms with van der Waals surface area (Å²) in [5, 5.41) is 2.33. The third-order valence-electron chi connectivity index (χ3n) is 13.4. The van der Waals surface area contributed by atoms with Crippen molar-refractivity contribution in [3.63, 3.8) is 0 Å². The molecule has 0 fully saturated rings. The summed E-state index contributed by atoms with van der Waals surface area (Å²) in [6.45, 7) is 9.23. The number of fused-ring (bicyclic) bond motifs is 1. The molecule has 10 aromatic rings. The van der Waals surface area contributed by atoms with Gasteiger partial charge in [0, 0.05) is 39.2 Å². The fourth-order valence-corrected chi connectivity index (χ4v) is 9.97. The third-order valence-corrected chi connectivity index (χ3v) is 13.4. The summed E-state index contributed by atoms with van der Waals surface area (Å²) >= 11 is 0. The molecule has 0 aliphatic heterocycles. The van der Waals surface area contributed by atoms with Crippen molar-refractivity contribution in [2.75, 3.05) is 9.80 Å². The van der Waals surface area contributed by atoms with E-state index in [1.54, 1.807) is 0 Å². The van der Waals surface area contributed by atoms with Crippen molar-refractivity contribution in [3.8, 4) is 33.4 Å². The van der Waals surface area contributed by atoms with Crippen molar-refractivity contribution >= 4 is 44.8 Å². The number of anilines is 5. The molecule has 11 rings (SSSR count). The molecular formula is C70H58N2. The normalized spacial score (nSPS) is 12.2. The van der Waals surface area contributed by atoms with E-state index in [9.17, 15) is 0 Å². The number of benzene rings is 10. The summed E-state index contributed by atoms with van der Waals surface area (Å²) in [5.41, 5.74) is 19.6. The van der Waals surface area contributed by atoms with Gasteiger partial charge in [-0.2, -0.15) is 0 Å². The lowest BCUT2D eigenvalue weighted by atomic mass is 9.84. The average molecular weight is 927 g/mol. The van der Waals surface area contributed by atoms with E-state index in [-0.39, 0.29) is 0 Å². The number of hydrogen-bond donors (Lipinski definition) is 0. The third kappa shape index (κ3) is 10.0. The van der Waals surface area contributed by atoms with Crippen molar-refractivity contribution in [3.05, 3.63) is 314 Å². The van der Waals surface area contributed by atoms with Gasteiger partial charge in [0.15, 0.2) is 0 Å². The molecular weight excluding hydrogens is 869 g/mol. The van der Waals surface area contributed by atoms with Crippen LogP contribution >= 0.6 is 0 Å². The van der Waals surface area contributed by atoms with E-state index in [4.69, 9.17) is 6.58 Å². The maximum absolute atomic E-state index is 4.98. The Hall–Kier alpha value is -8.98. The molecule has 0 saturated carbocycles. The van der Waals surface area contributed by atoms with Gasteiger partial charge in [-0.1, -0.05) is 249 Å². The highest BCUT2D eigenvalue weighted by atomic mass is 15.2. The second-order valence-corrected chi connectivity index (χ2v) is 18.0. The van der Waals surface area contributed by atoms with E-state index < -0.39 is 0 Å². The first kappa shape index (κ1) is 46.7. The first-order valence-electron chi connectivity index (χ1n) is 25.0. The van der Waals surface area contributed by atoms with Gasteiger partial charge in [0.2, 0.25) is 0 Å². The number of nitrogens with zero attached hydrogens (tertiary/aromatic N) is 2. The molecule has 1 aliphatic rings. The Morgan fingerprint density at radius 3 is 1.56 bits per heavy atom. The van der Waals surface area contributed by atoms with Gasteiger partial charge >= 0.3 is 0 Å². The van der Waals surface area contributed by atoms with E-state index in [2.05, 4.69) is 285 Å². The van der Waals surface area contributed by atoms with Gasteiger partial charge in [-0.15, -0.1) is 0 Å². The van der Waals surface area contributed by atoms with Crippen LogP contribution in [-0.2, 0) is 0 Å². The predicted octanol–water partition coefficient (Wildman–Crippen LogP) is 19.7. The van der Waals surface area contributed by atoms with E-state index in [1.165, 1.54) is 49.9 Å². The Morgan fingerprint density at radius 1 is 0.444 bits per heavy atom. The Bertz CT molecular complexity index is 3530. The molecule has 2 nitrogen and oxygen atoms in total. The fraction of sp³-hybridized carbons (Fsp3) is 0.0571. The van der Waals surface area contributed by atoms with Crippen LogP contribution in [0.1, 0.15) is 30.9 Å². The summed E-state index contributed by atoms with van der Waals surface area (Å²) in [5.74, 6) is 0. The molecule has 348 valence electrons. The van der Waals surface area contributed by atoms with E-state index in [0.29, 0.717) is 0 Å². The molecule has 0 saturated heterocycles. The lowest BCUT2D eigenvalue weighted by Gasteiger charge is -2.33. The number of aryl methyl sites for hydroxylation is 1. The van der Waals surface area contributed by atoms with Gasteiger partial charge in [0.1, 0.15) is 0 Å². The molecule has 0 amide bonds. The van der Waals surface area contributed by atoms with Crippen molar-refractivity contribution in [2.45, 2.75) is 26.7 Å². The molecule has 0 N–H and O–H groups in total. The Labute approximate surface area is 426 Å². The number of para-hydroxylation sites is 3. The lowest BCUT2D eigenvalue weighted by Crippen LogP contribution is -2.20. The van der Waals surface area contributed by atoms with Crippen LogP contribution in [0.3, 0.4) is 0 Å². The topological polar surface area (TPSA) is 6.48 Å². The van der Waals surface area contributed by atoms with Crippen LogP contribution in [0.5, 0.6) is 0 Å². The van der Waals surface area contributed by atoms with Gasteiger partial charge < -0.3 is 9.80 Å². The van der Waals surface area contributed by atoms with Gasteiger partial charge in [0.25, 0.3) is 0 Å². The van der Waals surface area contributed by atoms with Gasteiger partial charge in [0.05, 0.1) is 17.1 Å². The Morgan fingerprint density at radius 2 is 0.944 bits per heavy atom. The van der Waals surface area contributed by atoms with Crippen molar-refractivity contribution in [1.82, 2.24) is 0 Å². The van der Waals surface area contributed by atoms with Gasteiger partial charge in [-0.25, -0.2) is 0 Å². The minimum atomic E-state index is 0.872. The zero-order valence-corrected chi connectivity index (χ0v) is 41.1. The van der Waals surface area contributed by atoms with Gasteiger partial charge in [-0.3, -0.25) is 0 Å². The van der Waals surface area contributed by atoms with Crippen LogP contribution in [0.25, 0.3) is 49.7 Å². The lowest BCUT2D eigenvalue weighted by molar-refractivity contribution is 0.970. The smallest absolute Gasteiger partial charge is 0.0540 e. The summed E-state index contributed by atoms with van der Waals surface area (Å²) in [6, 6.07) is 92.9. The van der Waals surface area contributed by atoms with Gasteiger partial charge in [-0.05, 0) is 114 Å². The number of rotatable bonds is 12. The second-order valence-electron chi connectivity index (χ2n) is 18.0. The van der Waals surface area contributed by atoms with Crippen LogP contribution in [-0.4, -0.2) is 0 Å². The highest BCUT2D eigenvalue weighted by Gasteiger charge is 2.26. The van der Waals surface area contributed by atoms with Crippen LogP contribution in [0, 0.1) is 6.92 Å². The van der Waals surface area contributed by atoms with Crippen LogP contribution in [0.2, 0.25) is 0 Å². The molecule has 0 atom stereocenters. The second kappa shape index (κ2) is 22.2. The van der Waals surface area contributed by atoms with Crippen molar-refractivity contribution < 1.29 is 0 Å². The van der Waals surface area contributed by atoms with Crippen LogP contribution in [0.4, 0.5) is 28.4 Å². The van der Waals surface area contributed by atoms with Crippen LogP contribution < -0.4 is 9.80 Å². The summed E-state index contributed by atoms with van der Waals surface area (Å²) < 4.78 is 0. The first-order valence-corrected chi connectivity index (χ1v) is 25.0. The molecule has 0 aromatic heterocycles. The molecule has 10 aromatic carbocycles. The molecule has 0 spiro atoms. The Kier molecular flexibility index (Phi) is 14.4. The average Bonchev–Trinajstić information content (AvgIpc) is 3.46.